The minimum atomic E-state index is -0.598. The van der Waals surface area contributed by atoms with E-state index in [1.165, 1.54) is 17.4 Å². The molecule has 2 amide bonds. The number of nitrogen functional groups attached to an aromatic ring is 1. The summed E-state index contributed by atoms with van der Waals surface area (Å²) in [6, 6.07) is 4.42. The molecule has 0 radical (unpaired) electrons. The van der Waals surface area contributed by atoms with Crippen molar-refractivity contribution in [3.05, 3.63) is 51.5 Å². The van der Waals surface area contributed by atoms with E-state index in [2.05, 4.69) is 10.3 Å². The van der Waals surface area contributed by atoms with Crippen LogP contribution >= 0.6 is 11.3 Å². The van der Waals surface area contributed by atoms with Crippen LogP contribution in [0.25, 0.3) is 10.2 Å². The second kappa shape index (κ2) is 10.1. The number of carbonyl (C=O) groups is 2. The zero-order valence-electron chi connectivity index (χ0n) is 23.7. The Morgan fingerprint density at radius 2 is 1.83 bits per heavy atom. The number of piperazine rings is 1. The summed E-state index contributed by atoms with van der Waals surface area (Å²) in [6.07, 6.45) is 2.25. The van der Waals surface area contributed by atoms with E-state index in [0.717, 1.165) is 23.9 Å². The van der Waals surface area contributed by atoms with Crippen molar-refractivity contribution in [3.8, 4) is 0 Å². The third kappa shape index (κ3) is 5.09. The number of pyridine rings is 1. The van der Waals surface area contributed by atoms with E-state index in [1.807, 2.05) is 44.7 Å². The molecule has 1 aliphatic carbocycles. The standard InChI is InChI=1S/C30H35F2N5O3S/c1-15-5-9-20-25(33)26(41-28(20)34-15)27(38)35-16-6-10-19-21(11-16)22(31)12-23(24(19)32)36-13-17-7-8-18(14-36)37(17)29(39)40-30(2,3)4/h5,9,12,16-18H,6-8,10-11,13-14,33H2,1-4H3,(H,35,38)/t16-,17?,18?/m1/s1. The van der Waals surface area contributed by atoms with Gasteiger partial charge in [0, 0.05) is 36.3 Å². The molecule has 2 saturated heterocycles. The maximum atomic E-state index is 15.9. The van der Waals surface area contributed by atoms with Gasteiger partial charge >= 0.3 is 6.09 Å². The Kier molecular flexibility index (Phi) is 6.83. The van der Waals surface area contributed by atoms with Gasteiger partial charge in [-0.2, -0.15) is 0 Å². The number of nitrogens with two attached hydrogens (primary N) is 1. The number of nitrogens with one attached hydrogen (secondary N) is 1. The van der Waals surface area contributed by atoms with Crippen LogP contribution in [0.3, 0.4) is 0 Å². The summed E-state index contributed by atoms with van der Waals surface area (Å²) >= 11 is 1.23. The lowest BCUT2D eigenvalue weighted by Crippen LogP contribution is -2.57. The summed E-state index contributed by atoms with van der Waals surface area (Å²) in [4.78, 5) is 35.1. The van der Waals surface area contributed by atoms with Crippen molar-refractivity contribution >= 4 is 44.9 Å². The van der Waals surface area contributed by atoms with Crippen molar-refractivity contribution in [3.63, 3.8) is 0 Å². The van der Waals surface area contributed by atoms with Crippen molar-refractivity contribution in [1.29, 1.82) is 0 Å². The molecule has 2 unspecified atom stereocenters. The highest BCUT2D eigenvalue weighted by Crippen LogP contribution is 2.39. The van der Waals surface area contributed by atoms with Crippen molar-refractivity contribution in [2.75, 3.05) is 23.7 Å². The van der Waals surface area contributed by atoms with Gasteiger partial charge in [-0.25, -0.2) is 18.6 Å². The first-order valence-electron chi connectivity index (χ1n) is 14.1. The summed E-state index contributed by atoms with van der Waals surface area (Å²) in [5.74, 6) is -1.21. The summed E-state index contributed by atoms with van der Waals surface area (Å²) < 4.78 is 37.0. The molecule has 1 aromatic carbocycles. The number of ether oxygens (including phenoxy) is 1. The predicted octanol–water partition coefficient (Wildman–Crippen LogP) is 5.34. The molecule has 4 heterocycles. The molecule has 2 fully saturated rings. The fraction of sp³-hybridized carbons (Fsp3) is 0.500. The van der Waals surface area contributed by atoms with Crippen LogP contribution in [0.4, 0.5) is 25.0 Å². The van der Waals surface area contributed by atoms with Gasteiger partial charge in [0.2, 0.25) is 0 Å². The number of amides is 2. The van der Waals surface area contributed by atoms with Crippen LogP contribution in [0.15, 0.2) is 18.2 Å². The fourth-order valence-corrected chi connectivity index (χ4v) is 7.47. The Morgan fingerprint density at radius 1 is 1.12 bits per heavy atom. The Morgan fingerprint density at radius 3 is 2.51 bits per heavy atom. The van der Waals surface area contributed by atoms with Gasteiger partial charge in [0.25, 0.3) is 5.91 Å². The van der Waals surface area contributed by atoms with Crippen LogP contribution in [0.1, 0.15) is 66.5 Å². The average Bonchev–Trinajstić information content (AvgIpc) is 3.37. The predicted molar refractivity (Wildman–Crippen MR) is 156 cm³/mol. The number of benzene rings is 1. The van der Waals surface area contributed by atoms with Gasteiger partial charge in [-0.15, -0.1) is 11.3 Å². The van der Waals surface area contributed by atoms with E-state index in [9.17, 15) is 9.59 Å². The van der Waals surface area contributed by atoms with Crippen LogP contribution in [0, 0.1) is 18.6 Å². The molecule has 2 aromatic heterocycles. The highest BCUT2D eigenvalue weighted by molar-refractivity contribution is 7.21. The molecule has 3 atom stereocenters. The van der Waals surface area contributed by atoms with Crippen molar-refractivity contribution < 1.29 is 23.1 Å². The first-order valence-corrected chi connectivity index (χ1v) is 14.9. The van der Waals surface area contributed by atoms with Crippen LogP contribution in [-0.4, -0.2) is 58.7 Å². The minimum Gasteiger partial charge on any atom is -0.444 e. The number of hydrogen-bond acceptors (Lipinski definition) is 7. The molecule has 3 aromatic rings. The Balaban J connectivity index is 1.17. The Bertz CT molecular complexity index is 1540. The maximum absolute atomic E-state index is 15.9. The summed E-state index contributed by atoms with van der Waals surface area (Å²) in [5.41, 5.74) is 7.78. The molecule has 2 aliphatic heterocycles. The van der Waals surface area contributed by atoms with E-state index in [1.54, 1.807) is 4.90 Å². The summed E-state index contributed by atoms with van der Waals surface area (Å²) in [5, 5.41) is 3.72. The highest BCUT2D eigenvalue weighted by atomic mass is 32.1. The Labute approximate surface area is 241 Å². The summed E-state index contributed by atoms with van der Waals surface area (Å²) in [7, 11) is 0. The molecule has 41 heavy (non-hydrogen) atoms. The normalized spacial score (nSPS) is 22.1. The largest absolute Gasteiger partial charge is 0.444 e. The molecular weight excluding hydrogens is 548 g/mol. The molecule has 6 rings (SSSR count). The lowest BCUT2D eigenvalue weighted by Gasteiger charge is -2.42. The second-order valence-corrected chi connectivity index (χ2v) is 13.4. The van der Waals surface area contributed by atoms with Gasteiger partial charge in [-0.1, -0.05) is 0 Å². The molecule has 0 spiro atoms. The monoisotopic (exact) mass is 583 g/mol. The number of halogens is 2. The average molecular weight is 584 g/mol. The van der Waals surface area contributed by atoms with Gasteiger partial charge in [0.1, 0.15) is 26.9 Å². The van der Waals surface area contributed by atoms with E-state index in [-0.39, 0.29) is 42.2 Å². The number of fused-ring (bicyclic) bond motifs is 4. The molecule has 3 aliphatic rings. The first-order chi connectivity index (χ1) is 19.4. The zero-order chi connectivity index (χ0) is 29.2. The highest BCUT2D eigenvalue weighted by Gasteiger charge is 2.45. The van der Waals surface area contributed by atoms with Crippen LogP contribution in [-0.2, 0) is 17.6 Å². The van der Waals surface area contributed by atoms with Gasteiger partial charge in [-0.3, -0.25) is 9.69 Å². The third-order valence-electron chi connectivity index (χ3n) is 8.30. The molecule has 0 saturated carbocycles. The lowest BCUT2D eigenvalue weighted by molar-refractivity contribution is 0.0122. The van der Waals surface area contributed by atoms with Crippen LogP contribution in [0.5, 0.6) is 0 Å². The van der Waals surface area contributed by atoms with Crippen LogP contribution in [0.2, 0.25) is 0 Å². The minimum absolute atomic E-state index is 0.109. The van der Waals surface area contributed by atoms with E-state index in [4.69, 9.17) is 10.5 Å². The number of aromatic nitrogens is 1. The van der Waals surface area contributed by atoms with Gasteiger partial charge in [-0.05, 0) is 83.1 Å². The first kappa shape index (κ1) is 27.7. The van der Waals surface area contributed by atoms with Crippen molar-refractivity contribution in [2.24, 2.45) is 0 Å². The molecular formula is C30H35F2N5O3S. The number of anilines is 2. The number of nitrogens with zero attached hydrogens (tertiary/aromatic N) is 3. The number of hydrogen-bond donors (Lipinski definition) is 2. The lowest BCUT2D eigenvalue weighted by atomic mass is 9.86. The Hall–Kier alpha value is -3.47. The van der Waals surface area contributed by atoms with Gasteiger partial charge < -0.3 is 20.7 Å². The molecule has 8 nitrogen and oxygen atoms in total. The third-order valence-corrected chi connectivity index (χ3v) is 9.41. The maximum Gasteiger partial charge on any atom is 0.410 e. The fourth-order valence-electron chi connectivity index (χ4n) is 6.43. The van der Waals surface area contributed by atoms with E-state index >= 15 is 8.78 Å². The number of thiophene rings is 1. The number of carbonyl (C=O) groups excluding carboxylic acids is 2. The van der Waals surface area contributed by atoms with E-state index < -0.39 is 17.2 Å². The van der Waals surface area contributed by atoms with Crippen LogP contribution < -0.4 is 16.0 Å². The SMILES string of the molecule is Cc1ccc2c(N)c(C(=O)N[C@@H]3CCc4c(F)c(N5CC6CCC(C5)N6C(=O)OC(C)(C)C)cc(F)c4C3)sc2n1. The topological polar surface area (TPSA) is 101 Å². The van der Waals surface area contributed by atoms with E-state index in [0.29, 0.717) is 52.5 Å². The van der Waals surface area contributed by atoms with Crippen molar-refractivity contribution in [2.45, 2.75) is 83.5 Å². The molecule has 218 valence electrons. The molecule has 2 bridgehead atoms. The molecule has 3 N–H and O–H groups in total. The number of rotatable bonds is 3. The zero-order valence-corrected chi connectivity index (χ0v) is 24.5. The smallest absolute Gasteiger partial charge is 0.410 e. The van der Waals surface area contributed by atoms with Crippen molar-refractivity contribution in [1.82, 2.24) is 15.2 Å². The van der Waals surface area contributed by atoms with Gasteiger partial charge in [0.15, 0.2) is 0 Å². The van der Waals surface area contributed by atoms with Gasteiger partial charge in [0.05, 0.1) is 23.5 Å². The summed E-state index contributed by atoms with van der Waals surface area (Å²) in [6.45, 7) is 8.23. The quantitative estimate of drug-likeness (QED) is 0.432. The second-order valence-electron chi connectivity index (χ2n) is 12.4. The number of aryl methyl sites for hydroxylation is 1. The molecule has 11 heteroatoms.